The van der Waals surface area contributed by atoms with Gasteiger partial charge in [-0.15, -0.1) is 0 Å². The number of nitrogens with zero attached hydrogens (tertiary/aromatic N) is 1. The van der Waals surface area contributed by atoms with Crippen molar-refractivity contribution in [2.24, 2.45) is 11.7 Å². The van der Waals surface area contributed by atoms with Crippen molar-refractivity contribution in [3.63, 3.8) is 0 Å². The zero-order valence-electron chi connectivity index (χ0n) is 17.7. The molecule has 0 radical (unpaired) electrons. The molecule has 3 aliphatic heterocycles. The molecule has 9 nitrogen and oxygen atoms in total. The number of carbonyl (C=O) groups is 4. The van der Waals surface area contributed by atoms with Crippen LogP contribution < -0.4 is 25.4 Å². The number of thioether (sulfide) groups is 1. The minimum Gasteiger partial charge on any atom is -0.493 e. The fourth-order valence-corrected chi connectivity index (χ4v) is 5.81. The molecule has 0 aliphatic carbocycles. The molecule has 1 fully saturated rings. The molecule has 3 heterocycles. The predicted octanol–water partition coefficient (Wildman–Crippen LogP) is 1.53. The summed E-state index contributed by atoms with van der Waals surface area (Å²) in [6.07, 6.45) is 0. The summed E-state index contributed by atoms with van der Waals surface area (Å²) in [4.78, 5) is 52.8. The van der Waals surface area contributed by atoms with Crippen LogP contribution in [0, 0.1) is 5.92 Å². The van der Waals surface area contributed by atoms with E-state index in [1.165, 1.54) is 14.2 Å². The van der Waals surface area contributed by atoms with E-state index in [9.17, 15) is 19.2 Å². The van der Waals surface area contributed by atoms with Gasteiger partial charge in [-0.1, -0.05) is 23.9 Å². The summed E-state index contributed by atoms with van der Waals surface area (Å²) < 4.78 is 10.8. The molecule has 2 aromatic rings. The molecule has 0 spiro atoms. The van der Waals surface area contributed by atoms with Crippen LogP contribution in [0.15, 0.2) is 53.1 Å². The molecule has 3 amide bonds. The molecule has 3 aliphatic rings. The topological polar surface area (TPSA) is 128 Å². The van der Waals surface area contributed by atoms with Crippen LogP contribution in [0.1, 0.15) is 21.8 Å². The number of hydrogen-bond donors (Lipinski definition) is 2. The number of hydrogen-bond acceptors (Lipinski definition) is 8. The monoisotopic (exact) mass is 465 g/mol. The summed E-state index contributed by atoms with van der Waals surface area (Å²) in [6, 6.07) is 11.3. The third kappa shape index (κ3) is 3.01. The van der Waals surface area contributed by atoms with Gasteiger partial charge in [-0.05, 0) is 30.3 Å². The summed E-state index contributed by atoms with van der Waals surface area (Å²) in [5.41, 5.74) is 7.70. The first-order chi connectivity index (χ1) is 15.9. The fraction of sp³-hybridized carbons (Fsp3) is 0.217. The van der Waals surface area contributed by atoms with Crippen molar-refractivity contribution in [3.05, 3.63) is 64.2 Å². The Hall–Kier alpha value is -3.79. The van der Waals surface area contributed by atoms with Crippen LogP contribution in [0.25, 0.3) is 0 Å². The van der Waals surface area contributed by atoms with Gasteiger partial charge in [0.15, 0.2) is 11.5 Å². The van der Waals surface area contributed by atoms with E-state index in [0.29, 0.717) is 22.6 Å². The summed E-state index contributed by atoms with van der Waals surface area (Å²) in [5, 5.41) is 1.89. The quantitative estimate of drug-likeness (QED) is 0.397. The first-order valence-electron chi connectivity index (χ1n) is 10.1. The van der Waals surface area contributed by atoms with Crippen molar-refractivity contribution in [2.75, 3.05) is 19.1 Å². The maximum atomic E-state index is 13.6. The molecule has 0 bridgehead atoms. The average Bonchev–Trinajstić information content (AvgIpc) is 3.07. The molecular weight excluding hydrogens is 446 g/mol. The lowest BCUT2D eigenvalue weighted by Gasteiger charge is -2.36. The van der Waals surface area contributed by atoms with Crippen LogP contribution in [0.2, 0.25) is 0 Å². The molecule has 0 saturated carbocycles. The Morgan fingerprint density at radius 2 is 1.85 bits per heavy atom. The van der Waals surface area contributed by atoms with E-state index < -0.39 is 34.9 Å². The second-order valence-corrected chi connectivity index (χ2v) is 8.91. The van der Waals surface area contributed by atoms with Crippen molar-refractivity contribution >= 4 is 41.1 Å². The van der Waals surface area contributed by atoms with Crippen LogP contribution in [0.3, 0.4) is 0 Å². The van der Waals surface area contributed by atoms with Crippen molar-refractivity contribution in [3.8, 4) is 11.5 Å². The highest BCUT2D eigenvalue weighted by Crippen LogP contribution is 2.55. The zero-order valence-corrected chi connectivity index (χ0v) is 18.5. The van der Waals surface area contributed by atoms with Gasteiger partial charge in [-0.3, -0.25) is 14.4 Å². The van der Waals surface area contributed by atoms with E-state index in [0.717, 1.165) is 16.7 Å². The van der Waals surface area contributed by atoms with Gasteiger partial charge >= 0.3 is 5.97 Å². The third-order valence-electron chi connectivity index (χ3n) is 6.08. The second-order valence-electron chi connectivity index (χ2n) is 7.73. The molecular formula is C23H19N3O6S. The number of imide groups is 1. The summed E-state index contributed by atoms with van der Waals surface area (Å²) >= 11 is 1.00. The third-order valence-corrected chi connectivity index (χ3v) is 7.30. The van der Waals surface area contributed by atoms with E-state index in [1.807, 2.05) is 0 Å². The van der Waals surface area contributed by atoms with E-state index in [2.05, 4.69) is 5.32 Å². The molecule has 3 N–H and O–H groups in total. The Morgan fingerprint density at radius 3 is 2.52 bits per heavy atom. The van der Waals surface area contributed by atoms with Crippen molar-refractivity contribution in [2.45, 2.75) is 11.2 Å². The zero-order chi connectivity index (χ0) is 23.4. The molecule has 5 rings (SSSR count). The highest BCUT2D eigenvalue weighted by Gasteiger charge is 2.58. The van der Waals surface area contributed by atoms with Crippen LogP contribution in [0.5, 0.6) is 11.5 Å². The Morgan fingerprint density at radius 1 is 1.12 bits per heavy atom. The van der Waals surface area contributed by atoms with Gasteiger partial charge in [-0.25, -0.2) is 9.69 Å². The van der Waals surface area contributed by atoms with E-state index in [-0.39, 0.29) is 22.3 Å². The number of nitrogens with one attached hydrogen (secondary N) is 1. The van der Waals surface area contributed by atoms with Gasteiger partial charge in [0.25, 0.3) is 5.91 Å². The minimum absolute atomic E-state index is 0.165. The number of nitrogens with two attached hydrogens (primary N) is 1. The molecule has 168 valence electrons. The maximum absolute atomic E-state index is 13.6. The summed E-state index contributed by atoms with van der Waals surface area (Å²) in [7, 11) is 2.97. The smallest absolute Gasteiger partial charge is 0.342 e. The number of benzene rings is 2. The molecule has 1 saturated heterocycles. The molecule has 33 heavy (non-hydrogen) atoms. The van der Waals surface area contributed by atoms with Gasteiger partial charge in [-0.2, -0.15) is 0 Å². The first kappa shape index (κ1) is 21.1. The fourth-order valence-electron chi connectivity index (χ4n) is 4.57. The lowest BCUT2D eigenvalue weighted by molar-refractivity contribution is -0.132. The summed E-state index contributed by atoms with van der Waals surface area (Å²) in [6.45, 7) is 0. The normalized spacial score (nSPS) is 23.5. The van der Waals surface area contributed by atoms with Crippen molar-refractivity contribution in [1.82, 2.24) is 5.32 Å². The second kappa shape index (κ2) is 7.66. The van der Waals surface area contributed by atoms with E-state index in [1.54, 1.807) is 42.5 Å². The number of methoxy groups -OCH3 is 1. The van der Waals surface area contributed by atoms with Gasteiger partial charge in [0.05, 0.1) is 29.3 Å². The van der Waals surface area contributed by atoms with Gasteiger partial charge in [0.1, 0.15) is 5.25 Å². The van der Waals surface area contributed by atoms with Crippen LogP contribution in [-0.2, 0) is 14.4 Å². The van der Waals surface area contributed by atoms with E-state index in [4.69, 9.17) is 15.2 Å². The Labute approximate surface area is 192 Å². The number of fused-ring (bicyclic) bond motifs is 5. The van der Waals surface area contributed by atoms with Gasteiger partial charge in [0, 0.05) is 24.1 Å². The average molecular weight is 465 g/mol. The predicted molar refractivity (Wildman–Crippen MR) is 120 cm³/mol. The van der Waals surface area contributed by atoms with Crippen LogP contribution in [0.4, 0.5) is 5.69 Å². The van der Waals surface area contributed by atoms with Gasteiger partial charge in [0.2, 0.25) is 11.8 Å². The largest absolute Gasteiger partial charge is 0.493 e. The lowest BCUT2D eigenvalue weighted by atomic mass is 9.77. The number of carbonyl (C=O) groups excluding carboxylic acids is 4. The molecule has 0 aromatic heterocycles. The van der Waals surface area contributed by atoms with Crippen molar-refractivity contribution in [1.29, 1.82) is 0 Å². The number of para-hydroxylation sites is 1. The molecule has 0 unspecified atom stereocenters. The first-order valence-corrected chi connectivity index (χ1v) is 11.0. The standard InChI is InChI=1S/C23H19N3O6S/c1-25-20(27)10-6-8-11(9-7-10)26-21(28)15-14-12-4-3-5-13(31-2)17(12)32-23(30)16(14)19(24)33-18(15)22(26)29/h3-9,14-15,18H,24H2,1-2H3,(H,25,27)/t14-,15-,18+/m1/s1. The maximum Gasteiger partial charge on any atom is 0.342 e. The minimum atomic E-state index is -0.845. The summed E-state index contributed by atoms with van der Waals surface area (Å²) in [5.74, 6) is -2.81. The highest BCUT2D eigenvalue weighted by atomic mass is 32.2. The number of esters is 1. The number of ether oxygens (including phenoxy) is 2. The Kier molecular flexibility index (Phi) is 4.89. The SMILES string of the molecule is CNC(=O)c1ccc(N2C(=O)[C@H]3[C@H](SC(N)=C4C(=O)Oc5c(OC)cccc5[C@@H]43)C2=O)cc1. The Balaban J connectivity index is 1.60. The van der Waals surface area contributed by atoms with Crippen molar-refractivity contribution < 1.29 is 28.7 Å². The molecule has 3 atom stereocenters. The lowest BCUT2D eigenvalue weighted by Crippen LogP contribution is -2.39. The number of anilines is 1. The van der Waals surface area contributed by atoms with Crippen LogP contribution in [-0.4, -0.2) is 43.1 Å². The van der Waals surface area contributed by atoms with Crippen LogP contribution >= 0.6 is 11.8 Å². The number of rotatable bonds is 3. The van der Waals surface area contributed by atoms with Gasteiger partial charge < -0.3 is 20.5 Å². The highest BCUT2D eigenvalue weighted by molar-refractivity contribution is 8.04. The number of amides is 3. The Bertz CT molecular complexity index is 1260. The molecule has 10 heteroatoms. The molecule has 2 aromatic carbocycles. The van der Waals surface area contributed by atoms with E-state index >= 15 is 0 Å².